The van der Waals surface area contributed by atoms with Crippen molar-refractivity contribution in [1.82, 2.24) is 44.6 Å². The number of benzene rings is 1. The lowest BCUT2D eigenvalue weighted by molar-refractivity contribution is -0.123. The van der Waals surface area contributed by atoms with E-state index in [1.54, 1.807) is 12.7 Å². The van der Waals surface area contributed by atoms with Crippen molar-refractivity contribution >= 4 is 39.6 Å². The summed E-state index contributed by atoms with van der Waals surface area (Å²) in [7, 11) is 0. The Bertz CT molecular complexity index is 1680. The molecule has 1 unspecified atom stereocenters. The minimum atomic E-state index is -0.444. The smallest absolute Gasteiger partial charge is 0.229 e. The lowest BCUT2D eigenvalue weighted by Gasteiger charge is -2.42. The number of aromatic amines is 2. The van der Waals surface area contributed by atoms with Gasteiger partial charge >= 0.3 is 0 Å². The largest absolute Gasteiger partial charge is 0.379 e. The van der Waals surface area contributed by atoms with E-state index in [9.17, 15) is 4.79 Å². The van der Waals surface area contributed by atoms with Gasteiger partial charge in [0.05, 0.1) is 37.1 Å². The highest BCUT2D eigenvalue weighted by molar-refractivity contribution is 5.96. The van der Waals surface area contributed by atoms with E-state index in [4.69, 9.17) is 9.72 Å². The number of H-pyrrole nitrogens is 2. The molecule has 1 aromatic carbocycles. The van der Waals surface area contributed by atoms with Gasteiger partial charge in [0.15, 0.2) is 11.5 Å². The van der Waals surface area contributed by atoms with E-state index in [1.807, 2.05) is 39.0 Å². The van der Waals surface area contributed by atoms with Crippen LogP contribution in [-0.2, 0) is 16.1 Å². The first kappa shape index (κ1) is 33.8. The maximum Gasteiger partial charge on any atom is 0.229 e. The average molecular weight is 672 g/mol. The van der Waals surface area contributed by atoms with Crippen LogP contribution in [0.5, 0.6) is 0 Å². The van der Waals surface area contributed by atoms with Crippen LogP contribution < -0.4 is 10.2 Å². The molecular formula is C36H53N11O2. The molecule has 0 spiro atoms. The van der Waals surface area contributed by atoms with Gasteiger partial charge in [0.1, 0.15) is 17.7 Å². The van der Waals surface area contributed by atoms with Crippen molar-refractivity contribution in [2.24, 2.45) is 11.3 Å². The second-order valence-corrected chi connectivity index (χ2v) is 15.2. The number of anilines is 2. The monoisotopic (exact) mass is 671 g/mol. The van der Waals surface area contributed by atoms with Gasteiger partial charge in [-0.2, -0.15) is 0 Å². The van der Waals surface area contributed by atoms with Crippen LogP contribution in [0.4, 0.5) is 11.5 Å². The first-order valence-corrected chi connectivity index (χ1v) is 18.2. The summed E-state index contributed by atoms with van der Waals surface area (Å²) in [6, 6.07) is 6.50. The van der Waals surface area contributed by atoms with Gasteiger partial charge in [-0.05, 0) is 69.3 Å². The molecule has 3 fully saturated rings. The Balaban J connectivity index is 0.968. The van der Waals surface area contributed by atoms with E-state index < -0.39 is 5.41 Å². The number of carbonyl (C=O) groups excluding carboxylic acids is 1. The Kier molecular flexibility index (Phi) is 10.4. The number of ether oxygens (including phenoxy) is 1. The highest BCUT2D eigenvalue weighted by Crippen LogP contribution is 2.28. The van der Waals surface area contributed by atoms with E-state index in [0.29, 0.717) is 12.0 Å². The van der Waals surface area contributed by atoms with E-state index in [1.165, 1.54) is 19.3 Å². The second kappa shape index (κ2) is 15.1. The third kappa shape index (κ3) is 8.39. The summed E-state index contributed by atoms with van der Waals surface area (Å²) in [6.45, 7) is 17.9. The molecule has 7 rings (SSSR count). The molecule has 264 valence electrons. The SMILES string of the molecule is CC(C)(C)C(=O)Nc1ccc2nc(CN3CCC(N(CCCN4CCOCC4)CC4CCCN(c5ncnc6nc[nH]c56)C4)CC3)[nH]c2c1. The van der Waals surface area contributed by atoms with Gasteiger partial charge in [-0.15, -0.1) is 0 Å². The number of amides is 1. The number of nitrogens with one attached hydrogen (secondary N) is 3. The standard InChI is InChI=1S/C36H53N11O2/c1-36(2,3)35(48)41-27-7-8-29-30(20-27)43-31(42-29)23-45-14-9-28(10-15-45)46(13-5-11-44-16-18-49-19-17-44)21-26-6-4-12-47(22-26)34-32-33(38-24-37-32)39-25-40-34/h7-8,20,24-26,28H,4-6,9-19,21-23H2,1-3H3,(H,41,48)(H,42,43)(H,37,38,39,40). The summed E-state index contributed by atoms with van der Waals surface area (Å²) in [4.78, 5) is 47.9. The molecule has 0 aliphatic carbocycles. The van der Waals surface area contributed by atoms with Gasteiger partial charge in [0, 0.05) is 63.0 Å². The van der Waals surface area contributed by atoms with E-state index in [-0.39, 0.29) is 5.91 Å². The zero-order valence-electron chi connectivity index (χ0n) is 29.5. The van der Waals surface area contributed by atoms with Crippen molar-refractivity contribution in [2.75, 3.05) is 82.3 Å². The summed E-state index contributed by atoms with van der Waals surface area (Å²) in [5.41, 5.74) is 3.92. The van der Waals surface area contributed by atoms with Crippen molar-refractivity contribution in [3.63, 3.8) is 0 Å². The number of hydrogen-bond acceptors (Lipinski definition) is 10. The van der Waals surface area contributed by atoms with Gasteiger partial charge in [-0.3, -0.25) is 19.5 Å². The number of rotatable bonds is 11. The lowest BCUT2D eigenvalue weighted by Crippen LogP contribution is -2.49. The van der Waals surface area contributed by atoms with Gasteiger partial charge in [-0.25, -0.2) is 19.9 Å². The fourth-order valence-electron chi connectivity index (χ4n) is 7.66. The number of piperidine rings is 2. The Hall–Kier alpha value is -3.65. The number of hydrogen-bond donors (Lipinski definition) is 3. The topological polar surface area (TPSA) is 134 Å². The van der Waals surface area contributed by atoms with Crippen LogP contribution in [0.25, 0.3) is 22.2 Å². The molecule has 3 saturated heterocycles. The zero-order valence-corrected chi connectivity index (χ0v) is 29.5. The molecule has 1 amide bonds. The highest BCUT2D eigenvalue weighted by Gasteiger charge is 2.30. The normalized spacial score (nSPS) is 20.5. The molecule has 3 aliphatic rings. The third-order valence-corrected chi connectivity index (χ3v) is 10.5. The summed E-state index contributed by atoms with van der Waals surface area (Å²) in [5.74, 6) is 2.56. The molecule has 3 aliphatic heterocycles. The third-order valence-electron chi connectivity index (χ3n) is 10.5. The van der Waals surface area contributed by atoms with Crippen molar-refractivity contribution in [2.45, 2.75) is 65.5 Å². The number of aromatic nitrogens is 6. The molecule has 4 aromatic rings. The molecular weight excluding hydrogens is 618 g/mol. The number of morpholine rings is 1. The molecule has 1 atom stereocenters. The lowest BCUT2D eigenvalue weighted by atomic mass is 9.94. The van der Waals surface area contributed by atoms with Gasteiger partial charge < -0.3 is 24.9 Å². The zero-order chi connectivity index (χ0) is 33.8. The van der Waals surface area contributed by atoms with Crippen LogP contribution in [-0.4, -0.2) is 129 Å². The van der Waals surface area contributed by atoms with E-state index in [2.05, 4.69) is 49.8 Å². The minimum absolute atomic E-state index is 0.00623. The summed E-state index contributed by atoms with van der Waals surface area (Å²) >= 11 is 0. The number of carbonyl (C=O) groups is 1. The van der Waals surface area contributed by atoms with Crippen molar-refractivity contribution in [3.8, 4) is 0 Å². The van der Waals surface area contributed by atoms with Crippen LogP contribution in [0.15, 0.2) is 30.9 Å². The predicted molar refractivity (Wildman–Crippen MR) is 193 cm³/mol. The maximum atomic E-state index is 12.5. The predicted octanol–water partition coefficient (Wildman–Crippen LogP) is 4.12. The molecule has 3 aromatic heterocycles. The molecule has 0 saturated carbocycles. The fourth-order valence-corrected chi connectivity index (χ4v) is 7.66. The van der Waals surface area contributed by atoms with E-state index in [0.717, 1.165) is 131 Å². The second-order valence-electron chi connectivity index (χ2n) is 15.2. The van der Waals surface area contributed by atoms with E-state index >= 15 is 0 Å². The Morgan fingerprint density at radius 3 is 2.69 bits per heavy atom. The summed E-state index contributed by atoms with van der Waals surface area (Å²) in [6.07, 6.45) is 9.30. The van der Waals surface area contributed by atoms with Gasteiger partial charge in [0.2, 0.25) is 5.91 Å². The Labute approximate surface area is 289 Å². The highest BCUT2D eigenvalue weighted by atomic mass is 16.5. The number of nitrogens with zero attached hydrogens (tertiary/aromatic N) is 8. The average Bonchev–Trinajstić information content (AvgIpc) is 3.75. The van der Waals surface area contributed by atoms with Gasteiger partial charge in [0.25, 0.3) is 0 Å². The first-order valence-electron chi connectivity index (χ1n) is 18.2. The molecule has 3 N–H and O–H groups in total. The van der Waals surface area contributed by atoms with Crippen LogP contribution in [0, 0.1) is 11.3 Å². The van der Waals surface area contributed by atoms with Crippen LogP contribution in [0.3, 0.4) is 0 Å². The Morgan fingerprint density at radius 2 is 1.88 bits per heavy atom. The van der Waals surface area contributed by atoms with Crippen LogP contribution in [0.1, 0.15) is 58.7 Å². The molecule has 0 radical (unpaired) electrons. The van der Waals surface area contributed by atoms with Crippen molar-refractivity contribution < 1.29 is 9.53 Å². The van der Waals surface area contributed by atoms with Crippen LogP contribution in [0.2, 0.25) is 0 Å². The maximum absolute atomic E-state index is 12.5. The minimum Gasteiger partial charge on any atom is -0.379 e. The molecule has 0 bridgehead atoms. The molecule has 13 nitrogen and oxygen atoms in total. The molecule has 49 heavy (non-hydrogen) atoms. The van der Waals surface area contributed by atoms with Crippen LogP contribution >= 0.6 is 0 Å². The fraction of sp³-hybridized carbons (Fsp3) is 0.639. The molecule has 13 heteroatoms. The van der Waals surface area contributed by atoms with Gasteiger partial charge in [-0.1, -0.05) is 20.8 Å². The quantitative estimate of drug-likeness (QED) is 0.214. The summed E-state index contributed by atoms with van der Waals surface area (Å²) < 4.78 is 5.59. The summed E-state index contributed by atoms with van der Waals surface area (Å²) in [5, 5.41) is 3.04. The molecule has 6 heterocycles. The Morgan fingerprint density at radius 1 is 1.04 bits per heavy atom. The number of likely N-dealkylation sites (tertiary alicyclic amines) is 1. The van der Waals surface area contributed by atoms with Crippen molar-refractivity contribution in [3.05, 3.63) is 36.7 Å². The number of imidazole rings is 2. The number of fused-ring (bicyclic) bond motifs is 2. The first-order chi connectivity index (χ1) is 23.8. The van der Waals surface area contributed by atoms with Crippen molar-refractivity contribution in [1.29, 1.82) is 0 Å².